The molecule has 65 heavy (non-hydrogen) atoms. The van der Waals surface area contributed by atoms with Crippen molar-refractivity contribution in [1.82, 2.24) is 0 Å². The molecular formula is C63H41NO. The minimum Gasteiger partial charge on any atom is -0.456 e. The molecule has 0 N–H and O–H groups in total. The minimum absolute atomic E-state index is 0.563. The number of anilines is 3. The van der Waals surface area contributed by atoms with Gasteiger partial charge in [0.1, 0.15) is 11.2 Å². The average molecular weight is 828 g/mol. The first-order valence-electron chi connectivity index (χ1n) is 22.4. The van der Waals surface area contributed by atoms with Crippen LogP contribution in [0.3, 0.4) is 0 Å². The van der Waals surface area contributed by atoms with E-state index >= 15 is 0 Å². The van der Waals surface area contributed by atoms with Gasteiger partial charge in [-0.15, -0.1) is 0 Å². The van der Waals surface area contributed by atoms with Crippen LogP contribution in [0.2, 0.25) is 0 Å². The predicted molar refractivity (Wildman–Crippen MR) is 272 cm³/mol. The molecule has 0 fully saturated rings. The molecule has 11 aromatic carbocycles. The number of furan rings is 1. The lowest BCUT2D eigenvalue weighted by atomic mass is 9.68. The summed E-state index contributed by atoms with van der Waals surface area (Å²) in [6, 6.07) is 91.0. The molecule has 12 aromatic rings. The summed E-state index contributed by atoms with van der Waals surface area (Å²) in [7, 11) is 0. The summed E-state index contributed by atoms with van der Waals surface area (Å²) in [5, 5.41) is 7.16. The van der Waals surface area contributed by atoms with Crippen molar-refractivity contribution >= 4 is 60.5 Å². The van der Waals surface area contributed by atoms with Gasteiger partial charge in [-0.1, -0.05) is 206 Å². The molecule has 304 valence electrons. The van der Waals surface area contributed by atoms with Gasteiger partial charge in [-0.25, -0.2) is 0 Å². The highest BCUT2D eigenvalue weighted by molar-refractivity contribution is 6.14. The van der Waals surface area contributed by atoms with E-state index in [1.807, 2.05) is 6.07 Å². The SMILES string of the molecule is c1ccc(-c2ccc(-c3cc4ccccc4c4ccccc34)cc2N(c2ccc3c(c2)oc2ccccc23)c2cccc3c2-c2ccccc2C3(c2ccccc2)c2ccccc2)cc1. The molecule has 1 aliphatic carbocycles. The lowest BCUT2D eigenvalue weighted by Crippen LogP contribution is -2.28. The number of benzene rings is 11. The zero-order valence-electron chi connectivity index (χ0n) is 35.5. The van der Waals surface area contributed by atoms with Crippen molar-refractivity contribution in [2.45, 2.75) is 5.41 Å². The maximum absolute atomic E-state index is 6.68. The molecule has 0 bridgehead atoms. The molecule has 0 atom stereocenters. The van der Waals surface area contributed by atoms with E-state index in [1.165, 1.54) is 60.5 Å². The van der Waals surface area contributed by atoms with E-state index in [0.29, 0.717) is 0 Å². The van der Waals surface area contributed by atoms with Crippen molar-refractivity contribution in [3.05, 3.63) is 271 Å². The average Bonchev–Trinajstić information content (AvgIpc) is 3.91. The molecule has 0 spiro atoms. The Morgan fingerprint density at radius 3 is 1.72 bits per heavy atom. The van der Waals surface area contributed by atoms with Crippen LogP contribution in [0.1, 0.15) is 22.3 Å². The maximum atomic E-state index is 6.68. The van der Waals surface area contributed by atoms with Crippen LogP contribution in [0.25, 0.3) is 76.9 Å². The molecule has 2 heteroatoms. The topological polar surface area (TPSA) is 16.4 Å². The Kier molecular flexibility index (Phi) is 8.47. The Labute approximate surface area is 377 Å². The molecule has 13 rings (SSSR count). The number of hydrogen-bond acceptors (Lipinski definition) is 2. The normalized spacial score (nSPS) is 12.7. The second-order valence-corrected chi connectivity index (χ2v) is 17.1. The zero-order valence-corrected chi connectivity index (χ0v) is 35.5. The third kappa shape index (κ3) is 5.67. The van der Waals surface area contributed by atoms with E-state index < -0.39 is 5.41 Å². The standard InChI is InChI=1S/C63H41NO/c1-4-19-42(20-5-1)49-37-35-44(55-39-43-21-10-11-26-48(43)50-27-12-13-28-51(50)55)40-59(49)64(47-36-38-53-52-29-15-17-34-60(52)65-61(53)41-47)58-33-18-32-57-62(58)54-30-14-16-31-56(54)63(57,45-22-6-2-7-23-45)46-24-8-3-9-25-46/h1-41H. The van der Waals surface area contributed by atoms with E-state index in [4.69, 9.17) is 4.42 Å². The number of para-hydroxylation sites is 1. The first-order valence-corrected chi connectivity index (χ1v) is 22.4. The Morgan fingerprint density at radius 1 is 0.323 bits per heavy atom. The first kappa shape index (κ1) is 37.1. The quantitative estimate of drug-likeness (QED) is 0.149. The van der Waals surface area contributed by atoms with Crippen LogP contribution in [0.4, 0.5) is 17.1 Å². The Bertz CT molecular complexity index is 3730. The fraction of sp³-hybridized carbons (Fsp3) is 0.0159. The molecule has 0 saturated carbocycles. The van der Waals surface area contributed by atoms with Crippen LogP contribution >= 0.6 is 0 Å². The molecule has 1 aliphatic rings. The zero-order chi connectivity index (χ0) is 42.9. The van der Waals surface area contributed by atoms with E-state index in [-0.39, 0.29) is 0 Å². The van der Waals surface area contributed by atoms with Gasteiger partial charge in [-0.2, -0.15) is 0 Å². The number of rotatable bonds is 7. The number of hydrogen-bond donors (Lipinski definition) is 0. The minimum atomic E-state index is -0.563. The van der Waals surface area contributed by atoms with Crippen molar-refractivity contribution in [3.8, 4) is 33.4 Å². The second-order valence-electron chi connectivity index (χ2n) is 17.1. The van der Waals surface area contributed by atoms with Gasteiger partial charge < -0.3 is 9.32 Å². The van der Waals surface area contributed by atoms with E-state index in [0.717, 1.165) is 55.7 Å². The highest BCUT2D eigenvalue weighted by Gasteiger charge is 2.47. The number of nitrogens with zero attached hydrogens (tertiary/aromatic N) is 1. The van der Waals surface area contributed by atoms with Crippen LogP contribution in [-0.2, 0) is 5.41 Å². The van der Waals surface area contributed by atoms with Crippen LogP contribution < -0.4 is 4.90 Å². The van der Waals surface area contributed by atoms with Gasteiger partial charge in [0.05, 0.1) is 16.8 Å². The summed E-state index contributed by atoms with van der Waals surface area (Å²) in [6.45, 7) is 0. The van der Waals surface area contributed by atoms with Gasteiger partial charge in [0.2, 0.25) is 0 Å². The Balaban J connectivity index is 1.15. The molecule has 0 aliphatic heterocycles. The van der Waals surface area contributed by atoms with Crippen LogP contribution in [-0.4, -0.2) is 0 Å². The van der Waals surface area contributed by atoms with E-state index in [1.54, 1.807) is 0 Å². The van der Waals surface area contributed by atoms with Crippen molar-refractivity contribution in [2.75, 3.05) is 4.90 Å². The predicted octanol–water partition coefficient (Wildman–Crippen LogP) is 17.1. The molecule has 0 amide bonds. The van der Waals surface area contributed by atoms with Gasteiger partial charge in [-0.05, 0) is 102 Å². The lowest BCUT2D eigenvalue weighted by molar-refractivity contribution is 0.669. The van der Waals surface area contributed by atoms with Gasteiger partial charge in [-0.3, -0.25) is 0 Å². The second kappa shape index (κ2) is 14.8. The van der Waals surface area contributed by atoms with Crippen LogP contribution in [0, 0.1) is 0 Å². The monoisotopic (exact) mass is 827 g/mol. The summed E-state index contributed by atoms with van der Waals surface area (Å²) in [4.78, 5) is 2.50. The Morgan fingerprint density at radius 2 is 0.938 bits per heavy atom. The van der Waals surface area contributed by atoms with Crippen molar-refractivity contribution in [1.29, 1.82) is 0 Å². The molecule has 0 saturated heterocycles. The van der Waals surface area contributed by atoms with Gasteiger partial charge in [0, 0.05) is 33.7 Å². The van der Waals surface area contributed by atoms with Gasteiger partial charge in [0.25, 0.3) is 0 Å². The highest BCUT2D eigenvalue weighted by atomic mass is 16.3. The third-order valence-electron chi connectivity index (χ3n) is 13.7. The third-order valence-corrected chi connectivity index (χ3v) is 13.7. The molecule has 1 heterocycles. The molecular weight excluding hydrogens is 787 g/mol. The molecule has 2 nitrogen and oxygen atoms in total. The van der Waals surface area contributed by atoms with Crippen LogP contribution in [0.5, 0.6) is 0 Å². The summed E-state index contributed by atoms with van der Waals surface area (Å²) in [5.74, 6) is 0. The van der Waals surface area contributed by atoms with Crippen LogP contribution in [0.15, 0.2) is 253 Å². The lowest BCUT2D eigenvalue weighted by Gasteiger charge is -2.34. The van der Waals surface area contributed by atoms with Gasteiger partial charge in [0.15, 0.2) is 0 Å². The van der Waals surface area contributed by atoms with Crippen molar-refractivity contribution in [2.24, 2.45) is 0 Å². The smallest absolute Gasteiger partial charge is 0.137 e. The molecule has 0 radical (unpaired) electrons. The van der Waals surface area contributed by atoms with E-state index in [9.17, 15) is 0 Å². The Hall–Kier alpha value is -8.46. The maximum Gasteiger partial charge on any atom is 0.137 e. The summed E-state index contributed by atoms with van der Waals surface area (Å²) in [5.41, 5.74) is 16.4. The number of fused-ring (bicyclic) bond motifs is 9. The summed E-state index contributed by atoms with van der Waals surface area (Å²) in [6.07, 6.45) is 0. The fourth-order valence-corrected chi connectivity index (χ4v) is 11.0. The first-order chi connectivity index (χ1) is 32.3. The largest absolute Gasteiger partial charge is 0.456 e. The highest BCUT2D eigenvalue weighted by Crippen LogP contribution is 2.60. The summed E-state index contributed by atoms with van der Waals surface area (Å²) < 4.78 is 6.68. The van der Waals surface area contributed by atoms with Crippen molar-refractivity contribution < 1.29 is 4.42 Å². The van der Waals surface area contributed by atoms with Gasteiger partial charge >= 0.3 is 0 Å². The van der Waals surface area contributed by atoms with Crippen molar-refractivity contribution in [3.63, 3.8) is 0 Å². The molecule has 0 unspecified atom stereocenters. The molecule has 1 aromatic heterocycles. The van der Waals surface area contributed by atoms with E-state index in [2.05, 4.69) is 248 Å². The summed E-state index contributed by atoms with van der Waals surface area (Å²) >= 11 is 0. The fourth-order valence-electron chi connectivity index (χ4n) is 11.0.